The summed E-state index contributed by atoms with van der Waals surface area (Å²) < 4.78 is 10.7. The van der Waals surface area contributed by atoms with Gasteiger partial charge in [0.25, 0.3) is 0 Å². The van der Waals surface area contributed by atoms with E-state index in [0.29, 0.717) is 12.8 Å². The van der Waals surface area contributed by atoms with Gasteiger partial charge in [-0.1, -0.05) is 308 Å². The lowest BCUT2D eigenvalue weighted by Crippen LogP contribution is -2.28. The summed E-state index contributed by atoms with van der Waals surface area (Å²) in [6, 6.07) is 0. The van der Waals surface area contributed by atoms with Crippen molar-refractivity contribution in [2.75, 3.05) is 13.2 Å². The summed E-state index contributed by atoms with van der Waals surface area (Å²) in [5.41, 5.74) is 0. The number of esters is 2. The lowest BCUT2D eigenvalue weighted by Gasteiger charge is -2.15. The normalized spacial score (nSPS) is 12.2. The Kier molecular flexibility index (Phi) is 56.3. The molecule has 5 heteroatoms. The van der Waals surface area contributed by atoms with Gasteiger partial charge in [0.1, 0.15) is 6.61 Å². The Morgan fingerprint density at radius 1 is 0.348 bits per heavy atom. The zero-order valence-corrected chi connectivity index (χ0v) is 44.7. The van der Waals surface area contributed by atoms with E-state index in [1.807, 2.05) is 0 Å². The van der Waals surface area contributed by atoms with Gasteiger partial charge in [-0.25, -0.2) is 0 Å². The predicted molar refractivity (Wildman–Crippen MR) is 288 cm³/mol. The third-order valence-electron chi connectivity index (χ3n) is 13.7. The molecular formula is C61H116O5. The second-order valence-electron chi connectivity index (χ2n) is 20.4. The molecule has 0 aliphatic heterocycles. The molecular weight excluding hydrogens is 813 g/mol. The zero-order chi connectivity index (χ0) is 47.7. The van der Waals surface area contributed by atoms with Crippen molar-refractivity contribution in [1.29, 1.82) is 0 Å². The first kappa shape index (κ1) is 64.4. The highest BCUT2D eigenvalue weighted by Crippen LogP contribution is 2.18. The number of allylic oxidation sites excluding steroid dienone is 4. The molecule has 0 bridgehead atoms. The molecule has 1 atom stereocenters. The Morgan fingerprint density at radius 2 is 0.636 bits per heavy atom. The molecule has 0 rings (SSSR count). The molecule has 5 nitrogen and oxygen atoms in total. The van der Waals surface area contributed by atoms with Crippen molar-refractivity contribution in [3.63, 3.8) is 0 Å². The van der Waals surface area contributed by atoms with E-state index < -0.39 is 6.10 Å². The Balaban J connectivity index is 3.32. The molecule has 0 spiro atoms. The summed E-state index contributed by atoms with van der Waals surface area (Å²) in [5.74, 6) is -0.593. The van der Waals surface area contributed by atoms with Crippen LogP contribution < -0.4 is 0 Å². The van der Waals surface area contributed by atoms with E-state index in [1.165, 1.54) is 250 Å². The summed E-state index contributed by atoms with van der Waals surface area (Å²) in [6.07, 6.45) is 73.5. The number of unbranched alkanes of at least 4 members (excludes halogenated alkanes) is 44. The van der Waals surface area contributed by atoms with Crippen LogP contribution in [0.3, 0.4) is 0 Å². The Bertz CT molecular complexity index is 1010. The first-order valence-electron chi connectivity index (χ1n) is 29.9. The first-order chi connectivity index (χ1) is 32.6. The van der Waals surface area contributed by atoms with E-state index in [1.54, 1.807) is 0 Å². The van der Waals surface area contributed by atoms with Crippen LogP contribution in [0.25, 0.3) is 0 Å². The van der Waals surface area contributed by atoms with Gasteiger partial charge < -0.3 is 14.6 Å². The molecule has 1 N–H and O–H groups in total. The molecule has 66 heavy (non-hydrogen) atoms. The van der Waals surface area contributed by atoms with Gasteiger partial charge in [0.2, 0.25) is 0 Å². The SMILES string of the molecule is CCC/C=C\C/C=C\CCCCCCCC(=O)OC(CO)COC(=O)CCCCCCCCCCCCCCCCCCCCCCCCCCCCCCCCCCCCCCCCC. The lowest BCUT2D eigenvalue weighted by molar-refractivity contribution is -0.161. The predicted octanol–water partition coefficient (Wildman–Crippen LogP) is 20.1. The van der Waals surface area contributed by atoms with Crippen LogP contribution in [-0.4, -0.2) is 36.4 Å². The first-order valence-corrected chi connectivity index (χ1v) is 29.9. The Labute approximate surface area is 413 Å². The van der Waals surface area contributed by atoms with Crippen molar-refractivity contribution < 1.29 is 24.2 Å². The molecule has 0 aromatic heterocycles. The summed E-state index contributed by atoms with van der Waals surface area (Å²) in [5, 5.41) is 9.61. The third kappa shape index (κ3) is 55.0. The van der Waals surface area contributed by atoms with Crippen LogP contribution in [-0.2, 0) is 19.1 Å². The summed E-state index contributed by atoms with van der Waals surface area (Å²) in [6.45, 7) is 4.10. The molecule has 0 aliphatic carbocycles. The number of aliphatic hydroxyl groups excluding tert-OH is 1. The van der Waals surface area contributed by atoms with E-state index in [9.17, 15) is 14.7 Å². The summed E-state index contributed by atoms with van der Waals surface area (Å²) in [4.78, 5) is 24.4. The van der Waals surface area contributed by atoms with E-state index in [0.717, 1.165) is 57.8 Å². The maximum atomic E-state index is 12.2. The average Bonchev–Trinajstić information content (AvgIpc) is 3.32. The van der Waals surface area contributed by atoms with Crippen LogP contribution in [0.1, 0.15) is 335 Å². The van der Waals surface area contributed by atoms with E-state index in [2.05, 4.69) is 38.2 Å². The van der Waals surface area contributed by atoms with E-state index in [4.69, 9.17) is 9.47 Å². The second-order valence-corrected chi connectivity index (χ2v) is 20.4. The fourth-order valence-electron chi connectivity index (χ4n) is 9.25. The molecule has 0 saturated heterocycles. The minimum atomic E-state index is -0.775. The van der Waals surface area contributed by atoms with E-state index >= 15 is 0 Å². The molecule has 1 unspecified atom stereocenters. The van der Waals surface area contributed by atoms with Crippen LogP contribution in [0.2, 0.25) is 0 Å². The van der Waals surface area contributed by atoms with Gasteiger partial charge in [0.15, 0.2) is 6.10 Å². The van der Waals surface area contributed by atoms with Crippen molar-refractivity contribution in [3.05, 3.63) is 24.3 Å². The third-order valence-corrected chi connectivity index (χ3v) is 13.7. The maximum Gasteiger partial charge on any atom is 0.306 e. The molecule has 0 radical (unpaired) electrons. The van der Waals surface area contributed by atoms with Gasteiger partial charge in [-0.15, -0.1) is 0 Å². The second kappa shape index (κ2) is 57.7. The van der Waals surface area contributed by atoms with Crippen LogP contribution >= 0.6 is 0 Å². The fourth-order valence-corrected chi connectivity index (χ4v) is 9.25. The van der Waals surface area contributed by atoms with Gasteiger partial charge in [-0.2, -0.15) is 0 Å². The highest BCUT2D eigenvalue weighted by Gasteiger charge is 2.16. The van der Waals surface area contributed by atoms with Crippen molar-refractivity contribution in [2.24, 2.45) is 0 Å². The highest BCUT2D eigenvalue weighted by atomic mass is 16.6. The number of carbonyl (C=O) groups excluding carboxylic acids is 2. The zero-order valence-electron chi connectivity index (χ0n) is 44.7. The lowest BCUT2D eigenvalue weighted by atomic mass is 10.0. The minimum absolute atomic E-state index is 0.0667. The minimum Gasteiger partial charge on any atom is -0.462 e. The van der Waals surface area contributed by atoms with Crippen molar-refractivity contribution in [2.45, 2.75) is 341 Å². The van der Waals surface area contributed by atoms with Gasteiger partial charge in [0, 0.05) is 12.8 Å². The van der Waals surface area contributed by atoms with Gasteiger partial charge in [0.05, 0.1) is 6.61 Å². The van der Waals surface area contributed by atoms with Crippen LogP contribution in [0.5, 0.6) is 0 Å². The molecule has 390 valence electrons. The molecule has 0 heterocycles. The quantitative estimate of drug-likeness (QED) is 0.0374. The number of hydrogen-bond donors (Lipinski definition) is 1. The monoisotopic (exact) mass is 929 g/mol. The van der Waals surface area contributed by atoms with Gasteiger partial charge >= 0.3 is 11.9 Å². The molecule has 0 aromatic carbocycles. The number of carbonyl (C=O) groups is 2. The van der Waals surface area contributed by atoms with Crippen molar-refractivity contribution >= 4 is 11.9 Å². The van der Waals surface area contributed by atoms with Crippen molar-refractivity contribution in [1.82, 2.24) is 0 Å². The smallest absolute Gasteiger partial charge is 0.306 e. The number of ether oxygens (including phenoxy) is 2. The standard InChI is InChI=1S/C61H116O5/c1-3-5-7-9-11-13-15-17-18-19-20-21-22-23-24-25-26-27-28-29-30-31-32-33-34-35-36-37-38-39-40-41-42-44-45-47-49-51-53-55-60(63)65-58-59(57-62)66-61(64)56-54-52-50-48-46-43-16-14-12-10-8-6-4-2/h8,10,14,16,59,62H,3-7,9,11-13,15,17-58H2,1-2H3/b10-8-,16-14-. The molecule has 0 aliphatic rings. The van der Waals surface area contributed by atoms with Gasteiger partial charge in [-0.3, -0.25) is 9.59 Å². The van der Waals surface area contributed by atoms with Crippen LogP contribution in [0, 0.1) is 0 Å². The van der Waals surface area contributed by atoms with Crippen molar-refractivity contribution in [3.8, 4) is 0 Å². The maximum absolute atomic E-state index is 12.2. The molecule has 0 aromatic rings. The molecule has 0 amide bonds. The van der Waals surface area contributed by atoms with Crippen LogP contribution in [0.15, 0.2) is 24.3 Å². The summed E-state index contributed by atoms with van der Waals surface area (Å²) >= 11 is 0. The largest absolute Gasteiger partial charge is 0.462 e. The number of rotatable bonds is 56. The fraction of sp³-hybridized carbons (Fsp3) is 0.902. The highest BCUT2D eigenvalue weighted by molar-refractivity contribution is 5.70. The van der Waals surface area contributed by atoms with E-state index in [-0.39, 0.29) is 25.2 Å². The topological polar surface area (TPSA) is 72.8 Å². The van der Waals surface area contributed by atoms with Crippen LogP contribution in [0.4, 0.5) is 0 Å². The summed E-state index contributed by atoms with van der Waals surface area (Å²) in [7, 11) is 0. The molecule has 0 saturated carbocycles. The van der Waals surface area contributed by atoms with Gasteiger partial charge in [-0.05, 0) is 38.5 Å². The Morgan fingerprint density at radius 3 is 0.955 bits per heavy atom. The number of hydrogen-bond acceptors (Lipinski definition) is 5. The number of aliphatic hydroxyl groups is 1. The Hall–Kier alpha value is -1.62. The molecule has 0 fully saturated rings. The average molecular weight is 930 g/mol.